The lowest BCUT2D eigenvalue weighted by Gasteiger charge is -2.28. The largest absolute Gasteiger partial charge is 0.484 e. The average Bonchev–Trinajstić information content (AvgIpc) is 2.73. The Balaban J connectivity index is 2.05. The summed E-state index contributed by atoms with van der Waals surface area (Å²) in [6.45, 7) is 8.78. The van der Waals surface area contributed by atoms with Crippen LogP contribution in [0.25, 0.3) is 0 Å². The molecule has 5 nitrogen and oxygen atoms in total. The zero-order valence-electron chi connectivity index (χ0n) is 17.9. The first-order chi connectivity index (χ1) is 13.9. The number of carbonyl (C=O) groups is 2. The number of nitrogens with one attached hydrogen (secondary N) is 1. The monoisotopic (exact) mass is 396 g/mol. The van der Waals surface area contributed by atoms with Crippen molar-refractivity contribution in [3.05, 3.63) is 65.2 Å². The van der Waals surface area contributed by atoms with Gasteiger partial charge < -0.3 is 15.0 Å². The summed E-state index contributed by atoms with van der Waals surface area (Å²) >= 11 is 0. The standard InChI is InChI=1S/C24H32N2O3/c1-5-14-25-24(28)20(4)26(15-13-21-9-7-6-8-10-21)23(27)17-29-22-12-11-18(2)19(3)16-22/h6-12,16,20H,5,13-15,17H2,1-4H3,(H,25,28)/t20-/m0/s1. The maximum absolute atomic E-state index is 12.9. The van der Waals surface area contributed by atoms with Gasteiger partial charge >= 0.3 is 0 Å². The van der Waals surface area contributed by atoms with Crippen LogP contribution in [0.5, 0.6) is 5.75 Å². The molecule has 0 bridgehead atoms. The Labute approximate surface area is 174 Å². The van der Waals surface area contributed by atoms with Gasteiger partial charge in [-0.1, -0.05) is 43.3 Å². The van der Waals surface area contributed by atoms with E-state index in [1.54, 1.807) is 11.8 Å². The van der Waals surface area contributed by atoms with Gasteiger partial charge in [0.2, 0.25) is 5.91 Å². The van der Waals surface area contributed by atoms with Gasteiger partial charge in [0.15, 0.2) is 6.61 Å². The van der Waals surface area contributed by atoms with Crippen LogP contribution in [0.1, 0.15) is 37.0 Å². The molecule has 0 heterocycles. The van der Waals surface area contributed by atoms with E-state index >= 15 is 0 Å². The molecule has 0 saturated carbocycles. The quantitative estimate of drug-likeness (QED) is 0.667. The van der Waals surface area contributed by atoms with E-state index in [0.717, 1.165) is 17.5 Å². The number of hydrogen-bond acceptors (Lipinski definition) is 3. The summed E-state index contributed by atoms with van der Waals surface area (Å²) in [7, 11) is 0. The fourth-order valence-corrected chi connectivity index (χ4v) is 3.00. The summed E-state index contributed by atoms with van der Waals surface area (Å²) in [6, 6.07) is 15.2. The number of nitrogens with zero attached hydrogens (tertiary/aromatic N) is 1. The normalized spacial score (nSPS) is 11.6. The van der Waals surface area contributed by atoms with Gasteiger partial charge in [0.25, 0.3) is 5.91 Å². The Morgan fingerprint density at radius 1 is 1.07 bits per heavy atom. The van der Waals surface area contributed by atoms with E-state index in [-0.39, 0.29) is 18.4 Å². The number of benzene rings is 2. The van der Waals surface area contributed by atoms with Crippen molar-refractivity contribution in [1.82, 2.24) is 10.2 Å². The number of hydrogen-bond donors (Lipinski definition) is 1. The molecule has 0 aliphatic carbocycles. The zero-order chi connectivity index (χ0) is 21.2. The molecule has 2 aromatic carbocycles. The Bertz CT molecular complexity index is 805. The molecule has 1 atom stereocenters. The third kappa shape index (κ3) is 6.93. The van der Waals surface area contributed by atoms with E-state index < -0.39 is 6.04 Å². The first-order valence-corrected chi connectivity index (χ1v) is 10.2. The highest BCUT2D eigenvalue weighted by Gasteiger charge is 2.25. The second-order valence-corrected chi connectivity index (χ2v) is 7.32. The highest BCUT2D eigenvalue weighted by Crippen LogP contribution is 2.17. The fourth-order valence-electron chi connectivity index (χ4n) is 3.00. The van der Waals surface area contributed by atoms with Crippen molar-refractivity contribution < 1.29 is 14.3 Å². The molecule has 2 rings (SSSR count). The number of rotatable bonds is 10. The van der Waals surface area contributed by atoms with Gasteiger partial charge in [0, 0.05) is 13.1 Å². The van der Waals surface area contributed by atoms with Crippen molar-refractivity contribution in [3.8, 4) is 5.75 Å². The Morgan fingerprint density at radius 2 is 1.79 bits per heavy atom. The predicted molar refractivity (Wildman–Crippen MR) is 116 cm³/mol. The van der Waals surface area contributed by atoms with Gasteiger partial charge in [-0.3, -0.25) is 9.59 Å². The number of ether oxygens (including phenoxy) is 1. The van der Waals surface area contributed by atoms with Crippen LogP contribution in [0.4, 0.5) is 0 Å². The smallest absolute Gasteiger partial charge is 0.261 e. The van der Waals surface area contributed by atoms with Crippen LogP contribution in [0.2, 0.25) is 0 Å². The van der Waals surface area contributed by atoms with Gasteiger partial charge in [-0.15, -0.1) is 0 Å². The van der Waals surface area contributed by atoms with E-state index in [1.807, 2.05) is 69.3 Å². The van der Waals surface area contributed by atoms with E-state index in [1.165, 1.54) is 5.56 Å². The Morgan fingerprint density at radius 3 is 2.45 bits per heavy atom. The third-order valence-electron chi connectivity index (χ3n) is 5.04. The Kier molecular flexibility index (Phi) is 8.71. The summed E-state index contributed by atoms with van der Waals surface area (Å²) in [5.74, 6) is 0.324. The van der Waals surface area contributed by atoms with Crippen LogP contribution >= 0.6 is 0 Å². The molecular formula is C24H32N2O3. The molecule has 2 aromatic rings. The molecule has 5 heteroatoms. The van der Waals surface area contributed by atoms with Crippen molar-refractivity contribution in [1.29, 1.82) is 0 Å². The molecule has 0 unspecified atom stereocenters. The van der Waals surface area contributed by atoms with E-state index in [9.17, 15) is 9.59 Å². The molecule has 0 spiro atoms. The van der Waals surface area contributed by atoms with Crippen molar-refractivity contribution in [3.63, 3.8) is 0 Å². The predicted octanol–water partition coefficient (Wildman–Crippen LogP) is 3.67. The molecule has 0 saturated heterocycles. The average molecular weight is 397 g/mol. The van der Waals surface area contributed by atoms with Gasteiger partial charge in [-0.05, 0) is 62.4 Å². The first-order valence-electron chi connectivity index (χ1n) is 10.2. The molecule has 156 valence electrons. The van der Waals surface area contributed by atoms with E-state index in [4.69, 9.17) is 4.74 Å². The summed E-state index contributed by atoms with van der Waals surface area (Å²) in [5, 5.41) is 2.88. The van der Waals surface area contributed by atoms with Gasteiger partial charge in [0.05, 0.1) is 0 Å². The molecule has 29 heavy (non-hydrogen) atoms. The minimum atomic E-state index is -0.555. The van der Waals surface area contributed by atoms with Crippen molar-refractivity contribution in [2.24, 2.45) is 0 Å². The SMILES string of the molecule is CCCNC(=O)[C@H](C)N(CCc1ccccc1)C(=O)COc1ccc(C)c(C)c1. The highest BCUT2D eigenvalue weighted by molar-refractivity contribution is 5.87. The topological polar surface area (TPSA) is 58.6 Å². The second kappa shape index (κ2) is 11.2. The number of carbonyl (C=O) groups excluding carboxylic acids is 2. The molecule has 2 amide bonds. The molecule has 0 aliphatic rings. The van der Waals surface area contributed by atoms with Gasteiger partial charge in [-0.2, -0.15) is 0 Å². The molecule has 0 radical (unpaired) electrons. The molecule has 0 fully saturated rings. The highest BCUT2D eigenvalue weighted by atomic mass is 16.5. The minimum absolute atomic E-state index is 0.0946. The van der Waals surface area contributed by atoms with Gasteiger partial charge in [-0.25, -0.2) is 0 Å². The summed E-state index contributed by atoms with van der Waals surface area (Å²) in [4.78, 5) is 27.0. The third-order valence-corrected chi connectivity index (χ3v) is 5.04. The van der Waals surface area contributed by atoms with Crippen LogP contribution in [-0.2, 0) is 16.0 Å². The molecule has 0 aromatic heterocycles. The summed E-state index contributed by atoms with van der Waals surface area (Å²) < 4.78 is 5.72. The van der Waals surface area contributed by atoms with Crippen LogP contribution in [0, 0.1) is 13.8 Å². The van der Waals surface area contributed by atoms with Crippen LogP contribution in [-0.4, -0.2) is 42.5 Å². The molecular weight excluding hydrogens is 364 g/mol. The lowest BCUT2D eigenvalue weighted by molar-refractivity contribution is -0.141. The van der Waals surface area contributed by atoms with E-state index in [0.29, 0.717) is 25.3 Å². The minimum Gasteiger partial charge on any atom is -0.484 e. The lowest BCUT2D eigenvalue weighted by atomic mass is 10.1. The first kappa shape index (κ1) is 22.5. The molecule has 1 N–H and O–H groups in total. The zero-order valence-corrected chi connectivity index (χ0v) is 17.9. The summed E-state index contributed by atoms with van der Waals surface area (Å²) in [6.07, 6.45) is 1.54. The van der Waals surface area contributed by atoms with Crippen molar-refractivity contribution >= 4 is 11.8 Å². The lowest BCUT2D eigenvalue weighted by Crippen LogP contribution is -2.50. The van der Waals surface area contributed by atoms with Gasteiger partial charge in [0.1, 0.15) is 11.8 Å². The summed E-state index contributed by atoms with van der Waals surface area (Å²) in [5.41, 5.74) is 3.42. The maximum atomic E-state index is 12.9. The number of amides is 2. The van der Waals surface area contributed by atoms with Crippen LogP contribution < -0.4 is 10.1 Å². The van der Waals surface area contributed by atoms with Crippen LogP contribution in [0.15, 0.2) is 48.5 Å². The van der Waals surface area contributed by atoms with Crippen molar-refractivity contribution in [2.45, 2.75) is 46.6 Å². The van der Waals surface area contributed by atoms with E-state index in [2.05, 4.69) is 5.32 Å². The second-order valence-electron chi connectivity index (χ2n) is 7.32. The number of aryl methyl sites for hydroxylation is 2. The Hall–Kier alpha value is -2.82. The van der Waals surface area contributed by atoms with Crippen LogP contribution in [0.3, 0.4) is 0 Å². The molecule has 0 aliphatic heterocycles. The van der Waals surface area contributed by atoms with Crippen molar-refractivity contribution in [2.75, 3.05) is 19.7 Å². The maximum Gasteiger partial charge on any atom is 0.261 e. The fraction of sp³-hybridized carbons (Fsp3) is 0.417.